The molecule has 0 spiro atoms. The standard InChI is InChI=1S/C23H23F6N3O/c24-22(25,26)16-7-5-6-14-15(12-20(23(27,28)29)31-21(14)16)19(33)13-30-17-8-1-2-9-18(17)32-10-3-4-11-32/h1-2,5,7-9,12,14,19,30,33H,3-4,6,10-11,13H2. The fourth-order valence-electron chi connectivity index (χ4n) is 4.45. The quantitative estimate of drug-likeness (QED) is 0.566. The van der Waals surface area contributed by atoms with Crippen LogP contribution in [0.1, 0.15) is 19.3 Å². The van der Waals surface area contributed by atoms with Crippen LogP contribution in [0.15, 0.2) is 64.3 Å². The van der Waals surface area contributed by atoms with Gasteiger partial charge in [-0.05, 0) is 43.0 Å². The second-order valence-corrected chi connectivity index (χ2v) is 8.23. The van der Waals surface area contributed by atoms with Crippen molar-refractivity contribution in [3.8, 4) is 0 Å². The lowest BCUT2D eigenvalue weighted by Crippen LogP contribution is -2.35. The van der Waals surface area contributed by atoms with E-state index in [4.69, 9.17) is 0 Å². The number of fused-ring (bicyclic) bond motifs is 1. The first-order valence-electron chi connectivity index (χ1n) is 10.7. The lowest BCUT2D eigenvalue weighted by Gasteiger charge is -2.32. The van der Waals surface area contributed by atoms with Crippen LogP contribution in [0.3, 0.4) is 0 Å². The highest BCUT2D eigenvalue weighted by Crippen LogP contribution is 2.43. The number of alkyl halides is 6. The SMILES string of the molecule is OC(CNc1ccccc1N1CCCC1)C1=CC(C(F)(F)F)=NC2=C(C(F)(F)F)C=CCC12. The van der Waals surface area contributed by atoms with Gasteiger partial charge in [-0.15, -0.1) is 0 Å². The van der Waals surface area contributed by atoms with Crippen LogP contribution in [0.5, 0.6) is 0 Å². The average Bonchev–Trinajstić information content (AvgIpc) is 3.30. The van der Waals surface area contributed by atoms with Gasteiger partial charge in [0.05, 0.1) is 28.7 Å². The third kappa shape index (κ3) is 4.95. The largest absolute Gasteiger partial charge is 0.433 e. The van der Waals surface area contributed by atoms with E-state index in [9.17, 15) is 31.4 Å². The summed E-state index contributed by atoms with van der Waals surface area (Å²) in [6.45, 7) is 1.60. The Bertz CT molecular complexity index is 1020. The summed E-state index contributed by atoms with van der Waals surface area (Å²) in [5.74, 6) is -1.08. The van der Waals surface area contributed by atoms with Crippen LogP contribution in [0.25, 0.3) is 0 Å². The van der Waals surface area contributed by atoms with Gasteiger partial charge in [-0.2, -0.15) is 26.3 Å². The highest BCUT2D eigenvalue weighted by molar-refractivity contribution is 6.02. The summed E-state index contributed by atoms with van der Waals surface area (Å²) in [5, 5.41) is 13.9. The van der Waals surface area contributed by atoms with Gasteiger partial charge in [0.2, 0.25) is 0 Å². The molecule has 0 saturated carbocycles. The maximum atomic E-state index is 13.5. The van der Waals surface area contributed by atoms with Gasteiger partial charge in [0.25, 0.3) is 0 Å². The predicted octanol–water partition coefficient (Wildman–Crippen LogP) is 5.40. The van der Waals surface area contributed by atoms with E-state index in [1.54, 1.807) is 12.1 Å². The van der Waals surface area contributed by atoms with Crippen molar-refractivity contribution in [1.82, 2.24) is 0 Å². The van der Waals surface area contributed by atoms with Crippen LogP contribution in [-0.2, 0) is 0 Å². The maximum Gasteiger partial charge on any atom is 0.433 e. The molecular weight excluding hydrogens is 448 g/mol. The van der Waals surface area contributed by atoms with Gasteiger partial charge in [0, 0.05) is 25.6 Å². The molecule has 2 N–H and O–H groups in total. The average molecular weight is 471 g/mol. The Morgan fingerprint density at radius 3 is 2.42 bits per heavy atom. The van der Waals surface area contributed by atoms with E-state index in [0.717, 1.165) is 37.7 Å². The zero-order valence-electron chi connectivity index (χ0n) is 17.5. The van der Waals surface area contributed by atoms with Crippen LogP contribution in [0, 0.1) is 5.92 Å². The van der Waals surface area contributed by atoms with Gasteiger partial charge in [-0.25, -0.2) is 4.99 Å². The highest BCUT2D eigenvalue weighted by atomic mass is 19.4. The Labute approximate surface area is 187 Å². The molecule has 2 unspecified atom stereocenters. The first kappa shape index (κ1) is 23.4. The van der Waals surface area contributed by atoms with Gasteiger partial charge < -0.3 is 15.3 Å². The summed E-state index contributed by atoms with van der Waals surface area (Å²) in [6.07, 6.45) is -6.43. The fourth-order valence-corrected chi connectivity index (χ4v) is 4.45. The molecule has 4 nitrogen and oxygen atoms in total. The number of para-hydroxylation sites is 2. The van der Waals surface area contributed by atoms with Crippen molar-refractivity contribution in [2.75, 3.05) is 29.9 Å². The number of hydrogen-bond donors (Lipinski definition) is 2. The summed E-state index contributed by atoms with van der Waals surface area (Å²) in [5.41, 5.74) is -1.88. The Morgan fingerprint density at radius 1 is 1.06 bits per heavy atom. The van der Waals surface area contributed by atoms with Crippen molar-refractivity contribution in [2.45, 2.75) is 37.7 Å². The minimum Gasteiger partial charge on any atom is -0.387 e. The number of anilines is 2. The van der Waals surface area contributed by atoms with E-state index >= 15 is 0 Å². The van der Waals surface area contributed by atoms with Crippen molar-refractivity contribution >= 4 is 17.1 Å². The molecule has 1 fully saturated rings. The summed E-state index contributed by atoms with van der Waals surface area (Å²) >= 11 is 0. The molecule has 178 valence electrons. The number of aliphatic hydroxyl groups excluding tert-OH is 1. The van der Waals surface area contributed by atoms with Crippen LogP contribution >= 0.6 is 0 Å². The molecule has 33 heavy (non-hydrogen) atoms. The summed E-state index contributed by atoms with van der Waals surface area (Å²) in [7, 11) is 0. The van der Waals surface area contributed by atoms with Crippen molar-refractivity contribution < 1.29 is 31.4 Å². The molecule has 3 aliphatic rings. The predicted molar refractivity (Wildman–Crippen MR) is 114 cm³/mol. The summed E-state index contributed by atoms with van der Waals surface area (Å²) in [6, 6.07) is 7.38. The Balaban J connectivity index is 1.62. The fraction of sp³-hybridized carbons (Fsp3) is 0.435. The maximum absolute atomic E-state index is 13.5. The van der Waals surface area contributed by atoms with E-state index in [0.29, 0.717) is 11.8 Å². The zero-order chi connectivity index (χ0) is 23.8. The Hall–Kier alpha value is -2.75. The van der Waals surface area contributed by atoms with Crippen LogP contribution in [0.2, 0.25) is 0 Å². The van der Waals surface area contributed by atoms with Gasteiger partial charge in [0.15, 0.2) is 0 Å². The van der Waals surface area contributed by atoms with Crippen LogP contribution in [-0.4, -0.2) is 48.9 Å². The Kier molecular flexibility index (Phi) is 6.30. The molecule has 1 aliphatic carbocycles. The molecule has 1 saturated heterocycles. The van der Waals surface area contributed by atoms with Gasteiger partial charge in [0.1, 0.15) is 5.71 Å². The van der Waals surface area contributed by atoms with Crippen molar-refractivity contribution in [3.05, 3.63) is 59.3 Å². The summed E-state index contributed by atoms with van der Waals surface area (Å²) in [4.78, 5) is 5.50. The Morgan fingerprint density at radius 2 is 1.76 bits per heavy atom. The van der Waals surface area contributed by atoms with E-state index < -0.39 is 41.4 Å². The second kappa shape index (κ2) is 8.89. The van der Waals surface area contributed by atoms with Gasteiger partial charge in [-0.1, -0.05) is 24.3 Å². The summed E-state index contributed by atoms with van der Waals surface area (Å²) < 4.78 is 80.7. The number of dihydropyridines is 1. The smallest absolute Gasteiger partial charge is 0.387 e. The molecule has 2 atom stereocenters. The topological polar surface area (TPSA) is 47.9 Å². The van der Waals surface area contributed by atoms with Crippen molar-refractivity contribution in [2.24, 2.45) is 10.9 Å². The van der Waals surface area contributed by atoms with Gasteiger partial charge >= 0.3 is 12.4 Å². The monoisotopic (exact) mass is 471 g/mol. The number of allylic oxidation sites excluding steroid dienone is 5. The first-order chi connectivity index (χ1) is 15.6. The number of rotatable bonds is 5. The number of aliphatic hydroxyl groups is 1. The number of benzene rings is 1. The van der Waals surface area contributed by atoms with E-state index in [2.05, 4.69) is 15.2 Å². The molecule has 1 aromatic rings. The molecule has 2 heterocycles. The molecule has 0 radical (unpaired) electrons. The first-order valence-corrected chi connectivity index (χ1v) is 10.7. The van der Waals surface area contributed by atoms with Crippen molar-refractivity contribution in [3.63, 3.8) is 0 Å². The molecule has 0 aromatic heterocycles. The van der Waals surface area contributed by atoms with Gasteiger partial charge in [-0.3, -0.25) is 0 Å². The number of nitrogens with zero attached hydrogens (tertiary/aromatic N) is 2. The second-order valence-electron chi connectivity index (χ2n) is 8.23. The lowest BCUT2D eigenvalue weighted by atomic mass is 9.81. The minimum absolute atomic E-state index is 0.0246. The third-order valence-electron chi connectivity index (χ3n) is 6.03. The van der Waals surface area contributed by atoms with E-state index in [1.807, 2.05) is 12.1 Å². The van der Waals surface area contributed by atoms with Crippen LogP contribution < -0.4 is 10.2 Å². The third-order valence-corrected chi connectivity index (χ3v) is 6.03. The lowest BCUT2D eigenvalue weighted by molar-refractivity contribution is -0.0899. The molecule has 0 amide bonds. The number of hydrogen-bond acceptors (Lipinski definition) is 4. The normalized spacial score (nSPS) is 22.2. The number of halogens is 6. The molecule has 1 aromatic carbocycles. The molecule has 0 bridgehead atoms. The minimum atomic E-state index is -4.95. The highest BCUT2D eigenvalue weighted by Gasteiger charge is 2.44. The zero-order valence-corrected chi connectivity index (χ0v) is 17.5. The van der Waals surface area contributed by atoms with Crippen LogP contribution in [0.4, 0.5) is 37.7 Å². The van der Waals surface area contributed by atoms with E-state index in [-0.39, 0.29) is 18.5 Å². The molecule has 10 heteroatoms. The number of aliphatic imine (C=N–C) groups is 1. The molecular formula is C23H23F6N3O. The number of nitrogens with one attached hydrogen (secondary N) is 1. The molecule has 4 rings (SSSR count). The van der Waals surface area contributed by atoms with E-state index in [1.165, 1.54) is 6.08 Å². The molecule has 2 aliphatic heterocycles. The van der Waals surface area contributed by atoms with Crippen molar-refractivity contribution in [1.29, 1.82) is 0 Å².